The van der Waals surface area contributed by atoms with Gasteiger partial charge in [-0.2, -0.15) is 0 Å². The zero-order valence-corrected chi connectivity index (χ0v) is 8.68. The number of nitrogens with one attached hydrogen (secondary N) is 1. The molecule has 0 radical (unpaired) electrons. The van der Waals surface area contributed by atoms with Gasteiger partial charge in [-0.05, 0) is 18.8 Å². The van der Waals surface area contributed by atoms with E-state index in [1.165, 1.54) is 0 Å². The summed E-state index contributed by atoms with van der Waals surface area (Å²) in [6.45, 7) is 11.8. The van der Waals surface area contributed by atoms with E-state index in [0.29, 0.717) is 11.8 Å². The SMILES string of the molecule is CC1CNCC(C)(C(C)C)OC1. The maximum Gasteiger partial charge on any atom is 0.0801 e. The summed E-state index contributed by atoms with van der Waals surface area (Å²) in [5.41, 5.74) is 0.0325. The molecule has 1 saturated heterocycles. The monoisotopic (exact) mass is 171 g/mol. The molecule has 2 nitrogen and oxygen atoms in total. The summed E-state index contributed by atoms with van der Waals surface area (Å²) in [5, 5.41) is 3.44. The van der Waals surface area contributed by atoms with Crippen LogP contribution in [-0.2, 0) is 4.74 Å². The van der Waals surface area contributed by atoms with Crippen LogP contribution in [0.25, 0.3) is 0 Å². The van der Waals surface area contributed by atoms with Crippen molar-refractivity contribution >= 4 is 0 Å². The Kier molecular flexibility index (Phi) is 3.13. The maximum absolute atomic E-state index is 5.90. The number of hydrogen-bond acceptors (Lipinski definition) is 2. The molecule has 1 N–H and O–H groups in total. The van der Waals surface area contributed by atoms with Crippen molar-refractivity contribution in [1.82, 2.24) is 5.32 Å². The summed E-state index contributed by atoms with van der Waals surface area (Å²) in [7, 11) is 0. The fourth-order valence-corrected chi connectivity index (χ4v) is 1.38. The predicted molar refractivity (Wildman–Crippen MR) is 51.2 cm³/mol. The molecule has 0 saturated carbocycles. The highest BCUT2D eigenvalue weighted by molar-refractivity contribution is 4.84. The average molecular weight is 171 g/mol. The van der Waals surface area contributed by atoms with E-state index in [9.17, 15) is 0 Å². The molecule has 0 aliphatic carbocycles. The maximum atomic E-state index is 5.90. The largest absolute Gasteiger partial charge is 0.373 e. The summed E-state index contributed by atoms with van der Waals surface area (Å²) in [4.78, 5) is 0. The quantitative estimate of drug-likeness (QED) is 0.648. The topological polar surface area (TPSA) is 21.3 Å². The molecule has 0 amide bonds. The third kappa shape index (κ3) is 2.20. The number of hydrogen-bond donors (Lipinski definition) is 1. The Hall–Kier alpha value is -0.0800. The molecule has 72 valence electrons. The summed E-state index contributed by atoms with van der Waals surface area (Å²) < 4.78 is 5.90. The molecule has 0 aromatic rings. The first kappa shape index (κ1) is 10.0. The first-order valence-corrected chi connectivity index (χ1v) is 4.89. The summed E-state index contributed by atoms with van der Waals surface area (Å²) in [6.07, 6.45) is 0. The Morgan fingerprint density at radius 2 is 2.17 bits per heavy atom. The Labute approximate surface area is 75.7 Å². The highest BCUT2D eigenvalue weighted by Gasteiger charge is 2.31. The molecule has 12 heavy (non-hydrogen) atoms. The van der Waals surface area contributed by atoms with Gasteiger partial charge in [0.15, 0.2) is 0 Å². The Balaban J connectivity index is 2.55. The minimum Gasteiger partial charge on any atom is -0.373 e. The highest BCUT2D eigenvalue weighted by atomic mass is 16.5. The van der Waals surface area contributed by atoms with Gasteiger partial charge in [-0.15, -0.1) is 0 Å². The van der Waals surface area contributed by atoms with Crippen LogP contribution in [0.3, 0.4) is 0 Å². The van der Waals surface area contributed by atoms with Gasteiger partial charge >= 0.3 is 0 Å². The molecule has 1 aliphatic heterocycles. The second-order valence-electron chi connectivity index (χ2n) is 4.51. The van der Waals surface area contributed by atoms with Gasteiger partial charge in [-0.25, -0.2) is 0 Å². The molecule has 1 heterocycles. The van der Waals surface area contributed by atoms with Crippen molar-refractivity contribution < 1.29 is 4.74 Å². The molecule has 1 rings (SSSR count). The van der Waals surface area contributed by atoms with Crippen molar-refractivity contribution in [3.63, 3.8) is 0 Å². The minimum atomic E-state index is 0.0325. The van der Waals surface area contributed by atoms with Crippen LogP contribution in [-0.4, -0.2) is 25.3 Å². The van der Waals surface area contributed by atoms with Crippen molar-refractivity contribution in [2.45, 2.75) is 33.3 Å². The molecule has 2 heteroatoms. The second kappa shape index (κ2) is 3.75. The third-order valence-electron chi connectivity index (χ3n) is 2.89. The summed E-state index contributed by atoms with van der Waals surface area (Å²) in [5.74, 6) is 1.22. The lowest BCUT2D eigenvalue weighted by molar-refractivity contribution is -0.0602. The lowest BCUT2D eigenvalue weighted by Crippen LogP contribution is -2.42. The highest BCUT2D eigenvalue weighted by Crippen LogP contribution is 2.23. The van der Waals surface area contributed by atoms with Crippen LogP contribution >= 0.6 is 0 Å². The average Bonchev–Trinajstić information content (AvgIpc) is 2.15. The van der Waals surface area contributed by atoms with Gasteiger partial charge in [0.25, 0.3) is 0 Å². The van der Waals surface area contributed by atoms with Gasteiger partial charge in [-0.3, -0.25) is 0 Å². The number of rotatable bonds is 1. The van der Waals surface area contributed by atoms with Gasteiger partial charge in [0, 0.05) is 13.1 Å². The smallest absolute Gasteiger partial charge is 0.0801 e. The first-order valence-electron chi connectivity index (χ1n) is 4.89. The fraction of sp³-hybridized carbons (Fsp3) is 1.00. The van der Waals surface area contributed by atoms with E-state index in [4.69, 9.17) is 4.74 Å². The van der Waals surface area contributed by atoms with E-state index in [0.717, 1.165) is 19.7 Å². The van der Waals surface area contributed by atoms with Crippen LogP contribution in [0, 0.1) is 11.8 Å². The van der Waals surface area contributed by atoms with Crippen LogP contribution in [0.4, 0.5) is 0 Å². The van der Waals surface area contributed by atoms with Crippen LogP contribution < -0.4 is 5.32 Å². The van der Waals surface area contributed by atoms with Crippen molar-refractivity contribution in [3.8, 4) is 0 Å². The first-order chi connectivity index (χ1) is 5.54. The van der Waals surface area contributed by atoms with Crippen LogP contribution in [0.5, 0.6) is 0 Å². The molecule has 0 bridgehead atoms. The second-order valence-corrected chi connectivity index (χ2v) is 4.51. The van der Waals surface area contributed by atoms with Crippen molar-refractivity contribution in [2.75, 3.05) is 19.7 Å². The van der Waals surface area contributed by atoms with E-state index in [2.05, 4.69) is 33.0 Å². The summed E-state index contributed by atoms with van der Waals surface area (Å²) in [6, 6.07) is 0. The Morgan fingerprint density at radius 3 is 2.75 bits per heavy atom. The van der Waals surface area contributed by atoms with Crippen LogP contribution in [0.2, 0.25) is 0 Å². The lowest BCUT2D eigenvalue weighted by atomic mass is 9.92. The van der Waals surface area contributed by atoms with Gasteiger partial charge in [-0.1, -0.05) is 20.8 Å². The zero-order chi connectivity index (χ0) is 9.19. The fourth-order valence-electron chi connectivity index (χ4n) is 1.38. The number of ether oxygens (including phenoxy) is 1. The zero-order valence-electron chi connectivity index (χ0n) is 8.68. The molecule has 2 unspecified atom stereocenters. The predicted octanol–water partition coefficient (Wildman–Crippen LogP) is 1.66. The molecule has 1 fully saturated rings. The van der Waals surface area contributed by atoms with Crippen LogP contribution in [0.1, 0.15) is 27.7 Å². The van der Waals surface area contributed by atoms with Gasteiger partial charge in [0.05, 0.1) is 12.2 Å². The van der Waals surface area contributed by atoms with Crippen molar-refractivity contribution in [3.05, 3.63) is 0 Å². The summed E-state index contributed by atoms with van der Waals surface area (Å²) >= 11 is 0. The molecule has 0 aromatic carbocycles. The lowest BCUT2D eigenvalue weighted by Gasteiger charge is -2.32. The van der Waals surface area contributed by atoms with E-state index in [-0.39, 0.29) is 5.60 Å². The van der Waals surface area contributed by atoms with E-state index >= 15 is 0 Å². The molecule has 0 aromatic heterocycles. The molecule has 2 atom stereocenters. The van der Waals surface area contributed by atoms with E-state index < -0.39 is 0 Å². The van der Waals surface area contributed by atoms with Crippen LogP contribution in [0.15, 0.2) is 0 Å². The molecular formula is C10H21NO. The van der Waals surface area contributed by atoms with Crippen molar-refractivity contribution in [1.29, 1.82) is 0 Å². The van der Waals surface area contributed by atoms with Gasteiger partial charge < -0.3 is 10.1 Å². The van der Waals surface area contributed by atoms with E-state index in [1.807, 2.05) is 0 Å². The molecule has 0 spiro atoms. The standard InChI is InChI=1S/C10H21NO/c1-8(2)10(4)7-11-5-9(3)6-12-10/h8-9,11H,5-7H2,1-4H3. The Morgan fingerprint density at radius 1 is 1.50 bits per heavy atom. The van der Waals surface area contributed by atoms with Gasteiger partial charge in [0.2, 0.25) is 0 Å². The molecule has 1 aliphatic rings. The Bertz CT molecular complexity index is 147. The molecular weight excluding hydrogens is 150 g/mol. The third-order valence-corrected chi connectivity index (χ3v) is 2.89. The minimum absolute atomic E-state index is 0.0325. The normalized spacial score (nSPS) is 38.2. The van der Waals surface area contributed by atoms with Crippen molar-refractivity contribution in [2.24, 2.45) is 11.8 Å². The van der Waals surface area contributed by atoms with Gasteiger partial charge in [0.1, 0.15) is 0 Å². The van der Waals surface area contributed by atoms with E-state index in [1.54, 1.807) is 0 Å².